The second-order valence-electron chi connectivity index (χ2n) is 12.1. The van der Waals surface area contributed by atoms with Crippen molar-refractivity contribution >= 4 is 11.9 Å². The van der Waals surface area contributed by atoms with Crippen LogP contribution in [0.1, 0.15) is 85.5 Å². The van der Waals surface area contributed by atoms with Crippen LogP contribution in [0.4, 0.5) is 0 Å². The largest absolute Gasteiger partial charge is 0.465 e. The number of carbonyl (C=O) groups is 2. The van der Waals surface area contributed by atoms with Gasteiger partial charge in [-0.1, -0.05) is 6.92 Å². The first-order chi connectivity index (χ1) is 15.1. The smallest absolute Gasteiger partial charge is 0.302 e. The van der Waals surface area contributed by atoms with Crippen molar-refractivity contribution in [1.29, 1.82) is 0 Å². The highest BCUT2D eigenvalue weighted by Crippen LogP contribution is 2.68. The van der Waals surface area contributed by atoms with Crippen LogP contribution in [0.25, 0.3) is 0 Å². The molecule has 5 nitrogen and oxygen atoms in total. The lowest BCUT2D eigenvalue weighted by molar-refractivity contribution is -0.172. The summed E-state index contributed by atoms with van der Waals surface area (Å²) >= 11 is 0. The molecule has 0 amide bonds. The molecule has 0 unspecified atom stereocenters. The highest BCUT2D eigenvalue weighted by Gasteiger charge is 2.63. The molecule has 9 atom stereocenters. The number of nitrogens with zero attached hydrogens (tertiary/aromatic N) is 1. The third-order valence-electron chi connectivity index (χ3n) is 10.6. The van der Waals surface area contributed by atoms with Gasteiger partial charge in [0.2, 0.25) is 0 Å². The monoisotopic (exact) mass is 447 g/mol. The molecule has 4 rings (SSSR count). The molecule has 0 spiro atoms. The number of carbonyl (C=O) groups excluding carboxylic acids is 2. The Labute approximate surface area is 195 Å². The molecule has 0 saturated heterocycles. The Hall–Kier alpha value is -1.10. The molecule has 0 aromatic rings. The number of hydrogen-bond acceptors (Lipinski definition) is 5. The van der Waals surface area contributed by atoms with Crippen LogP contribution in [-0.4, -0.2) is 49.7 Å². The average molecular weight is 448 g/mol. The van der Waals surface area contributed by atoms with E-state index in [4.69, 9.17) is 9.47 Å². The molecule has 4 aliphatic rings. The molecule has 0 bridgehead atoms. The molecule has 32 heavy (non-hydrogen) atoms. The van der Waals surface area contributed by atoms with Gasteiger partial charge in [-0.25, -0.2) is 0 Å². The fraction of sp³-hybridized carbons (Fsp3) is 0.926. The molecular formula is C27H45NO4. The van der Waals surface area contributed by atoms with E-state index in [0.717, 1.165) is 30.7 Å². The van der Waals surface area contributed by atoms with Gasteiger partial charge in [0, 0.05) is 31.2 Å². The van der Waals surface area contributed by atoms with E-state index >= 15 is 0 Å². The van der Waals surface area contributed by atoms with Gasteiger partial charge in [0.1, 0.15) is 6.10 Å². The Morgan fingerprint density at radius 2 is 1.72 bits per heavy atom. The van der Waals surface area contributed by atoms with Crippen molar-refractivity contribution in [2.24, 2.45) is 40.4 Å². The summed E-state index contributed by atoms with van der Waals surface area (Å²) in [5.41, 5.74) is 0.411. The van der Waals surface area contributed by atoms with Gasteiger partial charge in [-0.3, -0.25) is 9.59 Å². The Morgan fingerprint density at radius 3 is 2.38 bits per heavy atom. The molecule has 4 fully saturated rings. The second-order valence-corrected chi connectivity index (χ2v) is 12.1. The zero-order chi connectivity index (χ0) is 23.3. The maximum atomic E-state index is 11.8. The van der Waals surface area contributed by atoms with Crippen molar-refractivity contribution < 1.29 is 19.1 Å². The molecule has 0 radical (unpaired) electrons. The van der Waals surface area contributed by atoms with E-state index in [9.17, 15) is 9.59 Å². The summed E-state index contributed by atoms with van der Waals surface area (Å²) in [7, 11) is 4.48. The van der Waals surface area contributed by atoms with Crippen molar-refractivity contribution in [2.75, 3.05) is 20.7 Å². The van der Waals surface area contributed by atoms with E-state index in [-0.39, 0.29) is 29.4 Å². The highest BCUT2D eigenvalue weighted by atomic mass is 16.5. The summed E-state index contributed by atoms with van der Waals surface area (Å²) in [5, 5.41) is 0. The lowest BCUT2D eigenvalue weighted by Gasteiger charge is -2.62. The molecule has 0 N–H and O–H groups in total. The first kappa shape index (κ1) is 24.0. The molecule has 182 valence electrons. The van der Waals surface area contributed by atoms with Gasteiger partial charge in [0.15, 0.2) is 0 Å². The Balaban J connectivity index is 1.59. The van der Waals surface area contributed by atoms with Crippen LogP contribution in [0.2, 0.25) is 0 Å². The Morgan fingerprint density at radius 1 is 0.969 bits per heavy atom. The zero-order valence-electron chi connectivity index (χ0n) is 21.2. The molecule has 5 heteroatoms. The van der Waals surface area contributed by atoms with Crippen LogP contribution in [0, 0.1) is 40.4 Å². The summed E-state index contributed by atoms with van der Waals surface area (Å²) in [6.45, 7) is 8.18. The lowest BCUT2D eigenvalue weighted by Crippen LogP contribution is -2.57. The second kappa shape index (κ2) is 8.92. The van der Waals surface area contributed by atoms with Gasteiger partial charge < -0.3 is 14.4 Å². The van der Waals surface area contributed by atoms with Crippen LogP contribution in [-0.2, 0) is 19.1 Å². The van der Waals surface area contributed by atoms with Crippen LogP contribution < -0.4 is 0 Å². The third kappa shape index (κ3) is 4.01. The number of rotatable bonds is 5. The van der Waals surface area contributed by atoms with E-state index < -0.39 is 0 Å². The maximum Gasteiger partial charge on any atom is 0.302 e. The van der Waals surface area contributed by atoms with E-state index in [1.54, 1.807) is 0 Å². The minimum atomic E-state index is -0.206. The number of hydrogen-bond donors (Lipinski definition) is 0. The predicted octanol–water partition coefficient (Wildman–Crippen LogP) is 5.07. The summed E-state index contributed by atoms with van der Waals surface area (Å²) in [4.78, 5) is 26.0. The van der Waals surface area contributed by atoms with Crippen LogP contribution in [0.15, 0.2) is 0 Å². The minimum absolute atomic E-state index is 0.0360. The van der Waals surface area contributed by atoms with Gasteiger partial charge >= 0.3 is 11.9 Å². The van der Waals surface area contributed by atoms with Crippen LogP contribution >= 0.6 is 0 Å². The molecule has 0 heterocycles. The SMILES string of the molecule is CC(=O)OC[C@]12CC[C@H]3[C@@H](CC[C@H]4C[C@@H](N(C)C)CC[C@@]43C)[C@@H]1CC[C@@H]2[C@@H](C)OC(C)=O. The van der Waals surface area contributed by atoms with Gasteiger partial charge in [-0.2, -0.15) is 0 Å². The van der Waals surface area contributed by atoms with Crippen molar-refractivity contribution in [1.82, 2.24) is 4.90 Å². The number of esters is 2. The molecule has 0 aliphatic heterocycles. The van der Waals surface area contributed by atoms with Crippen LogP contribution in [0.3, 0.4) is 0 Å². The van der Waals surface area contributed by atoms with E-state index in [1.807, 2.05) is 0 Å². The Bertz CT molecular complexity index is 722. The van der Waals surface area contributed by atoms with Gasteiger partial charge in [-0.15, -0.1) is 0 Å². The minimum Gasteiger partial charge on any atom is -0.465 e. The maximum absolute atomic E-state index is 11.8. The first-order valence-corrected chi connectivity index (χ1v) is 13.1. The van der Waals surface area contributed by atoms with E-state index in [1.165, 1.54) is 58.8 Å². The van der Waals surface area contributed by atoms with Crippen LogP contribution in [0.5, 0.6) is 0 Å². The summed E-state index contributed by atoms with van der Waals surface area (Å²) in [6, 6.07) is 0.733. The number of fused-ring (bicyclic) bond motifs is 5. The lowest BCUT2D eigenvalue weighted by atomic mass is 9.44. The summed E-state index contributed by atoms with van der Waals surface area (Å²) in [6.07, 6.45) is 11.1. The standard InChI is InChI=1S/C27H45NO4/c1-17(32-19(3)30)23-9-10-25-22-8-7-20-15-21(28(5)6)11-13-26(20,4)24(22)12-14-27(23,25)16-31-18(2)29/h17,20-25H,7-16H2,1-6H3/t17-,20+,21+,22-,23-,24+,25+,26+,27+/m1/s1. The highest BCUT2D eigenvalue weighted by molar-refractivity contribution is 5.66. The number of ether oxygens (including phenoxy) is 2. The van der Waals surface area contributed by atoms with Crippen molar-refractivity contribution in [3.05, 3.63) is 0 Å². The van der Waals surface area contributed by atoms with E-state index in [2.05, 4.69) is 32.8 Å². The Kier molecular flexibility index (Phi) is 6.70. The third-order valence-corrected chi connectivity index (χ3v) is 10.6. The van der Waals surface area contributed by atoms with Crippen molar-refractivity contribution in [2.45, 2.75) is 97.6 Å². The quantitative estimate of drug-likeness (QED) is 0.551. The fourth-order valence-electron chi connectivity index (χ4n) is 9.12. The molecular weight excluding hydrogens is 402 g/mol. The summed E-state index contributed by atoms with van der Waals surface area (Å²) < 4.78 is 11.4. The summed E-state index contributed by atoms with van der Waals surface area (Å²) in [5.74, 6) is 2.79. The molecule has 0 aromatic carbocycles. The van der Waals surface area contributed by atoms with Gasteiger partial charge in [-0.05, 0) is 108 Å². The van der Waals surface area contributed by atoms with E-state index in [0.29, 0.717) is 23.9 Å². The molecule has 4 aliphatic carbocycles. The average Bonchev–Trinajstić information content (AvgIpc) is 3.11. The topological polar surface area (TPSA) is 55.8 Å². The van der Waals surface area contributed by atoms with Crippen molar-refractivity contribution in [3.8, 4) is 0 Å². The predicted molar refractivity (Wildman–Crippen MR) is 125 cm³/mol. The van der Waals surface area contributed by atoms with Crippen molar-refractivity contribution in [3.63, 3.8) is 0 Å². The van der Waals surface area contributed by atoms with Gasteiger partial charge in [0.25, 0.3) is 0 Å². The fourth-order valence-corrected chi connectivity index (χ4v) is 9.12. The zero-order valence-corrected chi connectivity index (χ0v) is 21.2. The first-order valence-electron chi connectivity index (χ1n) is 13.1. The molecule has 4 saturated carbocycles. The normalized spacial score (nSPS) is 44.2. The molecule has 0 aromatic heterocycles. The van der Waals surface area contributed by atoms with Gasteiger partial charge in [0.05, 0.1) is 6.61 Å².